The van der Waals surface area contributed by atoms with Gasteiger partial charge in [0.25, 0.3) is 17.7 Å². The number of esters is 1. The van der Waals surface area contributed by atoms with Gasteiger partial charge in [-0.2, -0.15) is 0 Å². The van der Waals surface area contributed by atoms with Gasteiger partial charge in [0.15, 0.2) is 17.5 Å². The first-order valence-electron chi connectivity index (χ1n) is 16.1. The van der Waals surface area contributed by atoms with E-state index in [4.69, 9.17) is 4.74 Å². The number of hydrogen-bond acceptors (Lipinski definition) is 9. The van der Waals surface area contributed by atoms with E-state index in [1.807, 2.05) is 4.57 Å². The quantitative estimate of drug-likeness (QED) is 0.163. The second-order valence-corrected chi connectivity index (χ2v) is 12.4. The topological polar surface area (TPSA) is 201 Å². The van der Waals surface area contributed by atoms with Crippen LogP contribution >= 0.6 is 0 Å². The second-order valence-electron chi connectivity index (χ2n) is 12.4. The Bertz CT molecular complexity index is 1920. The van der Waals surface area contributed by atoms with Crippen molar-refractivity contribution in [3.05, 3.63) is 60.2 Å². The third kappa shape index (κ3) is 7.09. The molecule has 0 saturated heterocycles. The van der Waals surface area contributed by atoms with Crippen molar-refractivity contribution in [3.63, 3.8) is 0 Å². The predicted molar refractivity (Wildman–Crippen MR) is 176 cm³/mol. The number of amides is 4. The van der Waals surface area contributed by atoms with E-state index in [9.17, 15) is 24.0 Å². The third-order valence-electron chi connectivity index (χ3n) is 8.99. The summed E-state index contributed by atoms with van der Waals surface area (Å²) in [5.41, 5.74) is 0.650. The number of aryl methyl sites for hydroxylation is 3. The van der Waals surface area contributed by atoms with Crippen LogP contribution in [0.1, 0.15) is 87.4 Å². The molecule has 4 aromatic heterocycles. The molecule has 4 N–H and O–H groups in total. The zero-order valence-electron chi connectivity index (χ0n) is 27.7. The summed E-state index contributed by atoms with van der Waals surface area (Å²) in [6, 6.07) is 1.67. The summed E-state index contributed by atoms with van der Waals surface area (Å²) >= 11 is 0. The van der Waals surface area contributed by atoms with Gasteiger partial charge in [0.1, 0.15) is 5.69 Å². The van der Waals surface area contributed by atoms with Crippen molar-refractivity contribution in [2.75, 3.05) is 29.1 Å². The molecule has 6 rings (SSSR count). The number of fused-ring (bicyclic) bond motifs is 2. The Balaban J connectivity index is 1.02. The van der Waals surface area contributed by atoms with Crippen LogP contribution in [-0.2, 0) is 30.7 Å². The molecule has 17 nitrogen and oxygen atoms in total. The first-order chi connectivity index (χ1) is 23.5. The van der Waals surface area contributed by atoms with Crippen LogP contribution in [0.2, 0.25) is 0 Å². The molecule has 4 heterocycles. The standard InChI is InChI=1S/C32H39N11O6/c1-5-49-32(48)28-37-24(17-43(28)21-13-18-6-7-19(21)12-18)38-29(45)22-14-20(15-41(22)3)35-25(44)8-9-34-30(46)27-36-23(16-42(27)4)39-31(47)26-33-10-11-40(26)2/h10-11,14-19,21H,5-9,12-13H2,1-4H3,(H,34,46)(H,35,44)(H,38,45)(H,39,47). The number of nitrogens with zero attached hydrogens (tertiary/aromatic N) is 7. The van der Waals surface area contributed by atoms with Gasteiger partial charge in [-0.15, -0.1) is 0 Å². The molecular formula is C32H39N11O6. The van der Waals surface area contributed by atoms with Crippen molar-refractivity contribution >= 4 is 46.9 Å². The first-order valence-corrected chi connectivity index (χ1v) is 16.1. The minimum Gasteiger partial charge on any atom is -0.460 e. The van der Waals surface area contributed by atoms with E-state index in [1.165, 1.54) is 29.4 Å². The van der Waals surface area contributed by atoms with E-state index < -0.39 is 23.7 Å². The number of ether oxygens (including phenoxy) is 1. The van der Waals surface area contributed by atoms with Crippen LogP contribution < -0.4 is 21.3 Å². The lowest BCUT2D eigenvalue weighted by Crippen LogP contribution is -2.29. The summed E-state index contributed by atoms with van der Waals surface area (Å²) in [6.45, 7) is 1.97. The predicted octanol–water partition coefficient (Wildman–Crippen LogP) is 2.49. The highest BCUT2D eigenvalue weighted by molar-refractivity contribution is 6.04. The van der Waals surface area contributed by atoms with E-state index >= 15 is 0 Å². The molecule has 2 aliphatic carbocycles. The van der Waals surface area contributed by atoms with Gasteiger partial charge in [-0.05, 0) is 44.1 Å². The Morgan fingerprint density at radius 2 is 1.59 bits per heavy atom. The van der Waals surface area contributed by atoms with Gasteiger partial charge in [-0.3, -0.25) is 19.2 Å². The smallest absolute Gasteiger partial charge is 0.374 e. The van der Waals surface area contributed by atoms with Crippen molar-refractivity contribution in [3.8, 4) is 0 Å². The van der Waals surface area contributed by atoms with Crippen LogP contribution in [0.4, 0.5) is 17.3 Å². The maximum Gasteiger partial charge on any atom is 0.374 e. The van der Waals surface area contributed by atoms with Gasteiger partial charge in [-0.1, -0.05) is 6.42 Å². The number of carbonyl (C=O) groups is 5. The molecule has 3 unspecified atom stereocenters. The van der Waals surface area contributed by atoms with Gasteiger partial charge in [0, 0.05) is 71.1 Å². The summed E-state index contributed by atoms with van der Waals surface area (Å²) < 4.78 is 11.7. The maximum absolute atomic E-state index is 13.3. The van der Waals surface area contributed by atoms with Crippen molar-refractivity contribution in [2.45, 2.75) is 45.1 Å². The first kappa shape index (κ1) is 33.2. The molecule has 2 fully saturated rings. The summed E-state index contributed by atoms with van der Waals surface area (Å²) in [5.74, 6) is -0.420. The lowest BCUT2D eigenvalue weighted by molar-refractivity contribution is -0.116. The largest absolute Gasteiger partial charge is 0.460 e. The summed E-state index contributed by atoms with van der Waals surface area (Å²) in [6.07, 6.45) is 12.3. The molecule has 2 saturated carbocycles. The minimum absolute atomic E-state index is 0.0146. The molecule has 49 heavy (non-hydrogen) atoms. The highest BCUT2D eigenvalue weighted by Gasteiger charge is 2.42. The minimum atomic E-state index is -0.527. The van der Waals surface area contributed by atoms with Crippen LogP contribution in [0, 0.1) is 11.8 Å². The Morgan fingerprint density at radius 1 is 0.837 bits per heavy atom. The van der Waals surface area contributed by atoms with E-state index in [0.717, 1.165) is 19.3 Å². The molecular weight excluding hydrogens is 634 g/mol. The van der Waals surface area contributed by atoms with Gasteiger partial charge in [0.05, 0.1) is 12.3 Å². The average Bonchev–Trinajstić information content (AvgIpc) is 3.90. The fraction of sp³-hybridized carbons (Fsp3) is 0.438. The fourth-order valence-corrected chi connectivity index (χ4v) is 6.73. The van der Waals surface area contributed by atoms with Crippen molar-refractivity contribution in [1.29, 1.82) is 0 Å². The molecule has 17 heteroatoms. The lowest BCUT2D eigenvalue weighted by Gasteiger charge is -2.24. The van der Waals surface area contributed by atoms with E-state index in [0.29, 0.717) is 17.5 Å². The Kier molecular flexibility index (Phi) is 9.33. The highest BCUT2D eigenvalue weighted by Crippen LogP contribution is 2.51. The molecule has 0 aliphatic heterocycles. The van der Waals surface area contributed by atoms with Crippen molar-refractivity contribution < 1.29 is 28.7 Å². The third-order valence-corrected chi connectivity index (χ3v) is 8.99. The SMILES string of the molecule is CCOC(=O)c1nc(NC(=O)c2cc(NC(=O)CCNC(=O)c3nc(NC(=O)c4nccn4C)cn3C)cn2C)cn1C1CC2CCC1C2. The lowest BCUT2D eigenvalue weighted by atomic mass is 9.95. The summed E-state index contributed by atoms with van der Waals surface area (Å²) in [4.78, 5) is 76.4. The molecule has 0 spiro atoms. The van der Waals surface area contributed by atoms with Crippen LogP contribution in [0.5, 0.6) is 0 Å². The normalized spacial score (nSPS) is 17.9. The molecule has 2 bridgehead atoms. The van der Waals surface area contributed by atoms with Crippen LogP contribution in [0.15, 0.2) is 37.1 Å². The van der Waals surface area contributed by atoms with Gasteiger partial charge < -0.3 is 44.3 Å². The molecule has 4 aromatic rings. The summed E-state index contributed by atoms with van der Waals surface area (Å²) in [5, 5.41) is 10.8. The molecule has 3 atom stereocenters. The molecule has 0 aromatic carbocycles. The van der Waals surface area contributed by atoms with Crippen molar-refractivity contribution in [2.24, 2.45) is 33.0 Å². The number of imidazole rings is 3. The van der Waals surface area contributed by atoms with Crippen LogP contribution in [0.25, 0.3) is 0 Å². The van der Waals surface area contributed by atoms with Gasteiger partial charge >= 0.3 is 5.97 Å². The van der Waals surface area contributed by atoms with E-state index in [1.54, 1.807) is 55.8 Å². The molecule has 4 amide bonds. The Labute approximate surface area is 281 Å². The number of anilines is 3. The van der Waals surface area contributed by atoms with Gasteiger partial charge in [0.2, 0.25) is 17.6 Å². The Morgan fingerprint density at radius 3 is 2.29 bits per heavy atom. The van der Waals surface area contributed by atoms with Gasteiger partial charge in [-0.25, -0.2) is 19.7 Å². The average molecular weight is 674 g/mol. The maximum atomic E-state index is 13.3. The summed E-state index contributed by atoms with van der Waals surface area (Å²) in [7, 11) is 4.96. The zero-order valence-corrected chi connectivity index (χ0v) is 27.7. The van der Waals surface area contributed by atoms with Crippen molar-refractivity contribution in [1.82, 2.24) is 38.5 Å². The second kappa shape index (κ2) is 13.8. The molecule has 0 radical (unpaired) electrons. The highest BCUT2D eigenvalue weighted by atomic mass is 16.5. The number of aromatic nitrogens is 7. The number of hydrogen-bond donors (Lipinski definition) is 4. The molecule has 258 valence electrons. The van der Waals surface area contributed by atoms with Crippen LogP contribution in [0.3, 0.4) is 0 Å². The van der Waals surface area contributed by atoms with Crippen LogP contribution in [-0.4, -0.2) is 76.0 Å². The Hall–Kier alpha value is -5.74. The van der Waals surface area contributed by atoms with E-state index in [2.05, 4.69) is 36.2 Å². The molecule has 2 aliphatic rings. The van der Waals surface area contributed by atoms with E-state index in [-0.39, 0.29) is 66.3 Å². The zero-order chi connectivity index (χ0) is 34.8. The number of nitrogens with one attached hydrogen (secondary N) is 4. The fourth-order valence-electron chi connectivity index (χ4n) is 6.73. The number of carbonyl (C=O) groups excluding carboxylic acids is 5. The number of rotatable bonds is 12. The monoisotopic (exact) mass is 673 g/mol.